The van der Waals surface area contributed by atoms with Crippen molar-refractivity contribution >= 4 is 0 Å². The third-order valence-corrected chi connectivity index (χ3v) is 3.56. The van der Waals surface area contributed by atoms with Gasteiger partial charge in [0.15, 0.2) is 0 Å². The zero-order chi connectivity index (χ0) is 11.4. The summed E-state index contributed by atoms with van der Waals surface area (Å²) in [5, 5.41) is 7.77. The van der Waals surface area contributed by atoms with Crippen LogP contribution in [0.5, 0.6) is 0 Å². The lowest BCUT2D eigenvalue weighted by molar-refractivity contribution is 0.303. The standard InChI is InChI=1S/C12H22N4/c1-3-16-12(14-9-15-16)8-13-11-6-4-10(2)5-7-11/h9-11,13H,3-8H2,1-2H3. The topological polar surface area (TPSA) is 42.7 Å². The molecule has 0 spiro atoms. The number of nitrogens with zero attached hydrogens (tertiary/aromatic N) is 3. The Balaban J connectivity index is 1.79. The first-order chi connectivity index (χ1) is 7.79. The second kappa shape index (κ2) is 5.43. The first kappa shape index (κ1) is 11.6. The molecule has 1 aromatic rings. The molecule has 16 heavy (non-hydrogen) atoms. The van der Waals surface area contributed by atoms with Gasteiger partial charge in [-0.3, -0.25) is 0 Å². The molecular formula is C12H22N4. The highest BCUT2D eigenvalue weighted by Gasteiger charge is 2.17. The van der Waals surface area contributed by atoms with Crippen LogP contribution < -0.4 is 5.32 Å². The van der Waals surface area contributed by atoms with Gasteiger partial charge >= 0.3 is 0 Å². The number of hydrogen-bond acceptors (Lipinski definition) is 3. The molecule has 4 nitrogen and oxygen atoms in total. The summed E-state index contributed by atoms with van der Waals surface area (Å²) in [6.07, 6.45) is 6.97. The predicted molar refractivity (Wildman–Crippen MR) is 64.0 cm³/mol. The Morgan fingerprint density at radius 3 is 2.81 bits per heavy atom. The van der Waals surface area contributed by atoms with Gasteiger partial charge in [-0.25, -0.2) is 9.67 Å². The summed E-state index contributed by atoms with van der Waals surface area (Å²) < 4.78 is 1.96. The average Bonchev–Trinajstić information content (AvgIpc) is 2.76. The van der Waals surface area contributed by atoms with Crippen molar-refractivity contribution in [1.82, 2.24) is 20.1 Å². The number of aromatic nitrogens is 3. The van der Waals surface area contributed by atoms with E-state index in [1.54, 1.807) is 6.33 Å². The second-order valence-corrected chi connectivity index (χ2v) is 4.83. The summed E-state index contributed by atoms with van der Waals surface area (Å²) in [4.78, 5) is 4.28. The van der Waals surface area contributed by atoms with Gasteiger partial charge in [0.2, 0.25) is 0 Å². The van der Waals surface area contributed by atoms with E-state index in [-0.39, 0.29) is 0 Å². The largest absolute Gasteiger partial charge is 0.307 e. The van der Waals surface area contributed by atoms with E-state index in [2.05, 4.69) is 29.2 Å². The average molecular weight is 222 g/mol. The smallest absolute Gasteiger partial charge is 0.140 e. The van der Waals surface area contributed by atoms with Crippen LogP contribution >= 0.6 is 0 Å². The number of aryl methyl sites for hydroxylation is 1. The van der Waals surface area contributed by atoms with Gasteiger partial charge in [0.05, 0.1) is 6.54 Å². The van der Waals surface area contributed by atoms with Crippen molar-refractivity contribution in [1.29, 1.82) is 0 Å². The Hall–Kier alpha value is -0.900. The molecule has 0 radical (unpaired) electrons. The fourth-order valence-electron chi connectivity index (χ4n) is 2.39. The Labute approximate surface area is 97.5 Å². The van der Waals surface area contributed by atoms with Crippen LogP contribution in [0.1, 0.15) is 45.4 Å². The summed E-state index contributed by atoms with van der Waals surface area (Å²) in [5.74, 6) is 1.97. The molecule has 1 aliphatic rings. The first-order valence-electron chi connectivity index (χ1n) is 6.39. The maximum Gasteiger partial charge on any atom is 0.140 e. The minimum absolute atomic E-state index is 0.679. The maximum atomic E-state index is 4.28. The first-order valence-corrected chi connectivity index (χ1v) is 6.39. The molecule has 1 fully saturated rings. The fourth-order valence-corrected chi connectivity index (χ4v) is 2.39. The van der Waals surface area contributed by atoms with Gasteiger partial charge < -0.3 is 5.32 Å². The van der Waals surface area contributed by atoms with E-state index >= 15 is 0 Å². The van der Waals surface area contributed by atoms with Gasteiger partial charge in [-0.05, 0) is 38.5 Å². The lowest BCUT2D eigenvalue weighted by Crippen LogP contribution is -2.33. The Morgan fingerprint density at radius 2 is 2.12 bits per heavy atom. The predicted octanol–water partition coefficient (Wildman–Crippen LogP) is 1.97. The van der Waals surface area contributed by atoms with E-state index < -0.39 is 0 Å². The minimum atomic E-state index is 0.679. The van der Waals surface area contributed by atoms with Crippen molar-refractivity contribution in [2.75, 3.05) is 0 Å². The third-order valence-electron chi connectivity index (χ3n) is 3.56. The van der Waals surface area contributed by atoms with E-state index in [1.807, 2.05) is 4.68 Å². The van der Waals surface area contributed by atoms with Gasteiger partial charge in [0.25, 0.3) is 0 Å². The van der Waals surface area contributed by atoms with E-state index in [9.17, 15) is 0 Å². The van der Waals surface area contributed by atoms with Crippen LogP contribution in [0.25, 0.3) is 0 Å². The molecule has 0 atom stereocenters. The lowest BCUT2D eigenvalue weighted by Gasteiger charge is -2.26. The highest BCUT2D eigenvalue weighted by atomic mass is 15.3. The number of rotatable bonds is 4. The molecule has 0 bridgehead atoms. The van der Waals surface area contributed by atoms with Crippen LogP contribution in [0.2, 0.25) is 0 Å². The Kier molecular flexibility index (Phi) is 3.93. The zero-order valence-electron chi connectivity index (χ0n) is 10.3. The van der Waals surface area contributed by atoms with E-state index in [0.29, 0.717) is 6.04 Å². The molecule has 1 heterocycles. The molecule has 2 rings (SSSR count). The quantitative estimate of drug-likeness (QED) is 0.847. The van der Waals surface area contributed by atoms with Gasteiger partial charge in [0, 0.05) is 12.6 Å². The molecule has 1 aliphatic carbocycles. The normalized spacial score (nSPS) is 25.9. The van der Waals surface area contributed by atoms with Crippen LogP contribution in [0.4, 0.5) is 0 Å². The molecule has 1 aromatic heterocycles. The molecule has 0 saturated heterocycles. The zero-order valence-corrected chi connectivity index (χ0v) is 10.3. The molecule has 0 amide bonds. The van der Waals surface area contributed by atoms with Crippen molar-refractivity contribution in [2.45, 2.75) is 58.7 Å². The van der Waals surface area contributed by atoms with Gasteiger partial charge in [-0.1, -0.05) is 6.92 Å². The minimum Gasteiger partial charge on any atom is -0.307 e. The summed E-state index contributed by atoms with van der Waals surface area (Å²) >= 11 is 0. The Morgan fingerprint density at radius 1 is 1.38 bits per heavy atom. The van der Waals surface area contributed by atoms with E-state index in [0.717, 1.165) is 24.8 Å². The lowest BCUT2D eigenvalue weighted by atomic mass is 9.87. The molecule has 0 aliphatic heterocycles. The van der Waals surface area contributed by atoms with Crippen molar-refractivity contribution in [3.8, 4) is 0 Å². The van der Waals surface area contributed by atoms with Gasteiger partial charge in [-0.15, -0.1) is 0 Å². The molecule has 0 unspecified atom stereocenters. The summed E-state index contributed by atoms with van der Waals surface area (Å²) in [6.45, 7) is 6.20. The molecule has 0 aromatic carbocycles. The number of hydrogen-bond donors (Lipinski definition) is 1. The highest BCUT2D eigenvalue weighted by molar-refractivity contribution is 4.85. The van der Waals surface area contributed by atoms with Gasteiger partial charge in [-0.2, -0.15) is 5.10 Å². The SMILES string of the molecule is CCn1ncnc1CNC1CCC(C)CC1. The molecule has 1 saturated carbocycles. The van der Waals surface area contributed by atoms with E-state index in [1.165, 1.54) is 25.7 Å². The van der Waals surface area contributed by atoms with Crippen molar-refractivity contribution in [2.24, 2.45) is 5.92 Å². The van der Waals surface area contributed by atoms with Crippen LogP contribution in [0.3, 0.4) is 0 Å². The maximum absolute atomic E-state index is 4.28. The van der Waals surface area contributed by atoms with Crippen molar-refractivity contribution < 1.29 is 0 Å². The molecule has 90 valence electrons. The van der Waals surface area contributed by atoms with Crippen LogP contribution in [0.15, 0.2) is 6.33 Å². The molecule has 1 N–H and O–H groups in total. The fraction of sp³-hybridized carbons (Fsp3) is 0.833. The second-order valence-electron chi connectivity index (χ2n) is 4.83. The van der Waals surface area contributed by atoms with Crippen LogP contribution in [-0.4, -0.2) is 20.8 Å². The highest BCUT2D eigenvalue weighted by Crippen LogP contribution is 2.23. The number of nitrogens with one attached hydrogen (secondary N) is 1. The molecule has 4 heteroatoms. The van der Waals surface area contributed by atoms with Crippen LogP contribution in [-0.2, 0) is 13.1 Å². The van der Waals surface area contributed by atoms with E-state index in [4.69, 9.17) is 0 Å². The summed E-state index contributed by atoms with van der Waals surface area (Å²) in [5.41, 5.74) is 0. The van der Waals surface area contributed by atoms with Crippen molar-refractivity contribution in [3.05, 3.63) is 12.2 Å². The third kappa shape index (κ3) is 2.82. The Bertz CT molecular complexity index is 313. The summed E-state index contributed by atoms with van der Waals surface area (Å²) in [6, 6.07) is 0.679. The monoisotopic (exact) mass is 222 g/mol. The van der Waals surface area contributed by atoms with Gasteiger partial charge in [0.1, 0.15) is 12.2 Å². The van der Waals surface area contributed by atoms with Crippen LogP contribution in [0, 0.1) is 5.92 Å². The molecular weight excluding hydrogens is 200 g/mol. The summed E-state index contributed by atoms with van der Waals surface area (Å²) in [7, 11) is 0. The van der Waals surface area contributed by atoms with Crippen molar-refractivity contribution in [3.63, 3.8) is 0 Å².